The first kappa shape index (κ1) is 15.2. The molecule has 106 valence electrons. The number of hydrogen-bond acceptors (Lipinski definition) is 4. The monoisotopic (exact) mass is 258 g/mol. The Bertz CT molecular complexity index is 255. The number of rotatable bonds is 2. The summed E-state index contributed by atoms with van der Waals surface area (Å²) in [5, 5.41) is 19.3. The minimum Gasteiger partial charge on any atom is -0.465 e. The Labute approximate surface area is 109 Å². The van der Waals surface area contributed by atoms with Crippen LogP contribution in [-0.2, 0) is 0 Å². The number of carbonyl (C=O) groups is 1. The molecule has 0 aromatic rings. The molecule has 0 radical (unpaired) electrons. The zero-order valence-corrected chi connectivity index (χ0v) is 11.6. The molecule has 6 heteroatoms. The van der Waals surface area contributed by atoms with E-state index in [9.17, 15) is 9.90 Å². The van der Waals surface area contributed by atoms with E-state index in [-0.39, 0.29) is 11.6 Å². The fourth-order valence-corrected chi connectivity index (χ4v) is 2.00. The van der Waals surface area contributed by atoms with Crippen LogP contribution in [0.3, 0.4) is 0 Å². The summed E-state index contributed by atoms with van der Waals surface area (Å²) < 4.78 is 0. The van der Waals surface area contributed by atoms with E-state index in [0.717, 1.165) is 32.7 Å². The summed E-state index contributed by atoms with van der Waals surface area (Å²) in [6.45, 7) is 10.7. The Hall–Kier alpha value is -0.850. The van der Waals surface area contributed by atoms with Crippen LogP contribution < -0.4 is 16.0 Å². The van der Waals surface area contributed by atoms with E-state index in [0.29, 0.717) is 6.54 Å². The van der Waals surface area contributed by atoms with Gasteiger partial charge in [-0.25, -0.2) is 4.79 Å². The molecule has 1 unspecified atom stereocenters. The Balaban J connectivity index is 2.57. The van der Waals surface area contributed by atoms with Crippen LogP contribution in [0.4, 0.5) is 4.79 Å². The first-order valence-corrected chi connectivity index (χ1v) is 6.56. The van der Waals surface area contributed by atoms with Crippen LogP contribution in [0, 0.1) is 0 Å². The van der Waals surface area contributed by atoms with E-state index in [1.54, 1.807) is 0 Å². The number of carboxylic acid groups (broad SMARTS) is 1. The molecule has 18 heavy (non-hydrogen) atoms. The van der Waals surface area contributed by atoms with Crippen molar-refractivity contribution in [3.05, 3.63) is 0 Å². The molecule has 1 aliphatic rings. The second-order valence-electron chi connectivity index (χ2n) is 5.67. The predicted octanol–water partition coefficient (Wildman–Crippen LogP) is -0.0841. The molecule has 4 N–H and O–H groups in total. The van der Waals surface area contributed by atoms with Crippen molar-refractivity contribution < 1.29 is 9.90 Å². The molecule has 1 heterocycles. The summed E-state index contributed by atoms with van der Waals surface area (Å²) in [4.78, 5) is 12.8. The number of hydrogen-bond donors (Lipinski definition) is 4. The van der Waals surface area contributed by atoms with Crippen LogP contribution in [0.1, 0.15) is 20.8 Å². The molecular weight excluding hydrogens is 232 g/mol. The Morgan fingerprint density at radius 3 is 2.44 bits per heavy atom. The van der Waals surface area contributed by atoms with Crippen molar-refractivity contribution in [3.8, 4) is 0 Å². The Kier molecular flexibility index (Phi) is 5.84. The summed E-state index contributed by atoms with van der Waals surface area (Å²) >= 11 is 0. The predicted molar refractivity (Wildman–Crippen MR) is 72.0 cm³/mol. The van der Waals surface area contributed by atoms with Gasteiger partial charge >= 0.3 is 6.09 Å². The lowest BCUT2D eigenvalue weighted by Gasteiger charge is -2.36. The van der Waals surface area contributed by atoms with Gasteiger partial charge in [0.1, 0.15) is 0 Å². The number of nitrogens with zero attached hydrogens (tertiary/aromatic N) is 1. The second-order valence-corrected chi connectivity index (χ2v) is 5.67. The number of amides is 1. The summed E-state index contributed by atoms with van der Waals surface area (Å²) in [6.07, 6.45) is -0.859. The summed E-state index contributed by atoms with van der Waals surface area (Å²) in [5.41, 5.74) is -0.371. The third kappa shape index (κ3) is 5.20. The third-order valence-electron chi connectivity index (χ3n) is 3.05. The topological polar surface area (TPSA) is 76.6 Å². The van der Waals surface area contributed by atoms with Crippen LogP contribution in [0.2, 0.25) is 0 Å². The third-order valence-corrected chi connectivity index (χ3v) is 3.05. The normalized spacial score (nSPS) is 22.7. The van der Waals surface area contributed by atoms with Gasteiger partial charge in [0.05, 0.1) is 0 Å². The van der Waals surface area contributed by atoms with Crippen LogP contribution in [-0.4, -0.2) is 66.9 Å². The van der Waals surface area contributed by atoms with Crippen molar-refractivity contribution in [3.63, 3.8) is 0 Å². The lowest BCUT2D eigenvalue weighted by molar-refractivity contribution is 0.0930. The Morgan fingerprint density at radius 1 is 1.22 bits per heavy atom. The zero-order valence-electron chi connectivity index (χ0n) is 11.6. The highest BCUT2D eigenvalue weighted by atomic mass is 16.4. The lowest BCUT2D eigenvalue weighted by Crippen LogP contribution is -2.54. The highest BCUT2D eigenvalue weighted by Gasteiger charge is 2.28. The van der Waals surface area contributed by atoms with Gasteiger partial charge < -0.3 is 26.0 Å². The maximum Gasteiger partial charge on any atom is 0.407 e. The first-order valence-electron chi connectivity index (χ1n) is 6.56. The molecule has 6 nitrogen and oxygen atoms in total. The molecule has 0 aromatic heterocycles. The SMILES string of the molecule is CC(C)(C)N(CC1CNCCNCCN1)C(=O)O. The van der Waals surface area contributed by atoms with Crippen LogP contribution in [0.5, 0.6) is 0 Å². The van der Waals surface area contributed by atoms with E-state index in [1.807, 2.05) is 20.8 Å². The van der Waals surface area contributed by atoms with E-state index < -0.39 is 6.09 Å². The molecule has 0 saturated carbocycles. The fraction of sp³-hybridized carbons (Fsp3) is 0.917. The molecule has 0 aromatic carbocycles. The quantitative estimate of drug-likeness (QED) is 0.557. The highest BCUT2D eigenvalue weighted by Crippen LogP contribution is 2.13. The summed E-state index contributed by atoms with van der Waals surface area (Å²) in [5.74, 6) is 0. The summed E-state index contributed by atoms with van der Waals surface area (Å²) in [7, 11) is 0. The van der Waals surface area contributed by atoms with Crippen molar-refractivity contribution in [2.45, 2.75) is 32.4 Å². The Morgan fingerprint density at radius 2 is 1.83 bits per heavy atom. The highest BCUT2D eigenvalue weighted by molar-refractivity contribution is 5.66. The zero-order chi connectivity index (χ0) is 13.6. The molecule has 0 aliphatic carbocycles. The molecule has 1 saturated heterocycles. The minimum absolute atomic E-state index is 0.153. The maximum absolute atomic E-state index is 11.3. The van der Waals surface area contributed by atoms with E-state index >= 15 is 0 Å². The van der Waals surface area contributed by atoms with Gasteiger partial charge in [-0.15, -0.1) is 0 Å². The average Bonchev–Trinajstić information content (AvgIpc) is 2.37. The van der Waals surface area contributed by atoms with Crippen LogP contribution in [0.15, 0.2) is 0 Å². The summed E-state index contributed by atoms with van der Waals surface area (Å²) in [6, 6.07) is 0.153. The van der Waals surface area contributed by atoms with Crippen molar-refractivity contribution in [2.24, 2.45) is 0 Å². The van der Waals surface area contributed by atoms with Gasteiger partial charge in [0.2, 0.25) is 0 Å². The van der Waals surface area contributed by atoms with Crippen molar-refractivity contribution >= 4 is 6.09 Å². The van der Waals surface area contributed by atoms with E-state index in [4.69, 9.17) is 0 Å². The van der Waals surface area contributed by atoms with Crippen molar-refractivity contribution in [1.82, 2.24) is 20.9 Å². The maximum atomic E-state index is 11.3. The molecule has 0 spiro atoms. The van der Waals surface area contributed by atoms with Gasteiger partial charge in [0.15, 0.2) is 0 Å². The molecule has 1 rings (SSSR count). The molecular formula is C12H26N4O2. The van der Waals surface area contributed by atoms with Crippen LogP contribution >= 0.6 is 0 Å². The molecule has 0 bridgehead atoms. The fourth-order valence-electron chi connectivity index (χ4n) is 2.00. The van der Waals surface area contributed by atoms with Gasteiger partial charge in [0, 0.05) is 50.8 Å². The molecule has 1 amide bonds. The molecule has 1 fully saturated rings. The van der Waals surface area contributed by atoms with Crippen molar-refractivity contribution in [1.29, 1.82) is 0 Å². The first-order chi connectivity index (χ1) is 8.41. The van der Waals surface area contributed by atoms with Crippen molar-refractivity contribution in [2.75, 3.05) is 39.3 Å². The molecule has 1 atom stereocenters. The average molecular weight is 258 g/mol. The largest absolute Gasteiger partial charge is 0.465 e. The van der Waals surface area contributed by atoms with Crippen LogP contribution in [0.25, 0.3) is 0 Å². The number of nitrogens with one attached hydrogen (secondary N) is 3. The lowest BCUT2D eigenvalue weighted by atomic mass is 10.1. The second kappa shape index (κ2) is 6.92. The van der Waals surface area contributed by atoms with Gasteiger partial charge in [-0.05, 0) is 20.8 Å². The molecule has 1 aliphatic heterocycles. The van der Waals surface area contributed by atoms with Gasteiger partial charge in [0.25, 0.3) is 0 Å². The van der Waals surface area contributed by atoms with Gasteiger partial charge in [-0.3, -0.25) is 0 Å². The van der Waals surface area contributed by atoms with Gasteiger partial charge in [-0.1, -0.05) is 0 Å². The smallest absolute Gasteiger partial charge is 0.407 e. The van der Waals surface area contributed by atoms with E-state index in [2.05, 4.69) is 16.0 Å². The van der Waals surface area contributed by atoms with E-state index in [1.165, 1.54) is 4.90 Å². The van der Waals surface area contributed by atoms with Gasteiger partial charge in [-0.2, -0.15) is 0 Å². The standard InChI is InChI=1S/C12H26N4O2/c1-12(2,3)16(11(17)18)9-10-8-14-5-4-13-6-7-15-10/h10,13-15H,4-9H2,1-3H3,(H,17,18). The minimum atomic E-state index is -0.859.